The highest BCUT2D eigenvalue weighted by Gasteiger charge is 2.39. The smallest absolute Gasteiger partial charge is 0.293 e. The Morgan fingerprint density at radius 1 is 1.47 bits per heavy atom. The van der Waals surface area contributed by atoms with Crippen LogP contribution in [0.15, 0.2) is 12.1 Å². The number of carbonyl (C=O) groups excluding carboxylic acids is 1. The molecule has 0 heterocycles. The SMILES string of the molecule is N#Cc1cc(C(F)(F)F)c([N+](=O)[O-])cc1C(=O)CCl. The maximum atomic E-state index is 12.6. The maximum absolute atomic E-state index is 12.6. The number of nitriles is 1. The number of hydrogen-bond donors (Lipinski definition) is 0. The number of ketones is 1. The van der Waals surface area contributed by atoms with Gasteiger partial charge in [-0.05, 0) is 6.07 Å². The molecule has 1 rings (SSSR count). The molecule has 0 atom stereocenters. The topological polar surface area (TPSA) is 84.0 Å². The van der Waals surface area contributed by atoms with E-state index in [1.165, 1.54) is 6.07 Å². The van der Waals surface area contributed by atoms with Crippen molar-refractivity contribution in [1.29, 1.82) is 5.26 Å². The molecule has 0 N–H and O–H groups in total. The van der Waals surface area contributed by atoms with Crippen molar-refractivity contribution in [2.45, 2.75) is 6.18 Å². The lowest BCUT2D eigenvalue weighted by molar-refractivity contribution is -0.388. The van der Waals surface area contributed by atoms with Gasteiger partial charge in [-0.25, -0.2) is 0 Å². The average molecular weight is 293 g/mol. The molecule has 0 unspecified atom stereocenters. The van der Waals surface area contributed by atoms with Gasteiger partial charge in [0.15, 0.2) is 5.78 Å². The third-order valence-corrected chi connectivity index (χ3v) is 2.42. The molecule has 5 nitrogen and oxygen atoms in total. The van der Waals surface area contributed by atoms with Crippen molar-refractivity contribution in [3.63, 3.8) is 0 Å². The summed E-state index contributed by atoms with van der Waals surface area (Å²) in [5, 5.41) is 19.3. The Labute approximate surface area is 109 Å². The molecule has 0 aliphatic heterocycles. The zero-order chi connectivity index (χ0) is 14.8. The van der Waals surface area contributed by atoms with E-state index in [0.29, 0.717) is 6.07 Å². The third-order valence-electron chi connectivity index (χ3n) is 2.18. The molecule has 100 valence electrons. The molecule has 0 bridgehead atoms. The van der Waals surface area contributed by atoms with Crippen molar-refractivity contribution in [2.24, 2.45) is 0 Å². The van der Waals surface area contributed by atoms with Gasteiger partial charge < -0.3 is 0 Å². The largest absolute Gasteiger partial charge is 0.423 e. The Hall–Kier alpha value is -2.14. The van der Waals surface area contributed by atoms with Gasteiger partial charge in [-0.3, -0.25) is 14.9 Å². The van der Waals surface area contributed by atoms with Crippen LogP contribution in [-0.2, 0) is 6.18 Å². The number of nitro groups is 1. The number of alkyl halides is 4. The summed E-state index contributed by atoms with van der Waals surface area (Å²) in [7, 11) is 0. The third kappa shape index (κ3) is 3.00. The van der Waals surface area contributed by atoms with Crippen LogP contribution in [0, 0.1) is 21.4 Å². The Morgan fingerprint density at radius 3 is 2.42 bits per heavy atom. The van der Waals surface area contributed by atoms with E-state index < -0.39 is 45.1 Å². The van der Waals surface area contributed by atoms with Crippen LogP contribution in [0.2, 0.25) is 0 Å². The number of benzene rings is 1. The van der Waals surface area contributed by atoms with Crippen molar-refractivity contribution >= 4 is 23.1 Å². The van der Waals surface area contributed by atoms with E-state index in [0.717, 1.165) is 0 Å². The molecular formula is C10H4ClF3N2O3. The second-order valence-electron chi connectivity index (χ2n) is 3.34. The molecule has 9 heteroatoms. The van der Waals surface area contributed by atoms with E-state index in [4.69, 9.17) is 16.9 Å². The van der Waals surface area contributed by atoms with E-state index in [1.807, 2.05) is 0 Å². The second-order valence-corrected chi connectivity index (χ2v) is 3.61. The van der Waals surface area contributed by atoms with Crippen LogP contribution in [0.4, 0.5) is 18.9 Å². The van der Waals surface area contributed by atoms with E-state index in [9.17, 15) is 28.1 Å². The van der Waals surface area contributed by atoms with Gasteiger partial charge in [0.05, 0.1) is 22.4 Å². The van der Waals surface area contributed by atoms with E-state index >= 15 is 0 Å². The number of carbonyl (C=O) groups is 1. The molecule has 0 aliphatic carbocycles. The van der Waals surface area contributed by atoms with Crippen LogP contribution in [0.3, 0.4) is 0 Å². The Balaban J connectivity index is 3.67. The second kappa shape index (κ2) is 5.24. The number of hydrogen-bond acceptors (Lipinski definition) is 4. The summed E-state index contributed by atoms with van der Waals surface area (Å²) in [4.78, 5) is 20.7. The molecule has 0 fully saturated rings. The number of halogens is 4. The van der Waals surface area contributed by atoms with Gasteiger partial charge in [0.2, 0.25) is 0 Å². The fourth-order valence-corrected chi connectivity index (χ4v) is 1.51. The van der Waals surface area contributed by atoms with Crippen molar-refractivity contribution in [3.8, 4) is 6.07 Å². The summed E-state index contributed by atoms with van der Waals surface area (Å²) in [6.45, 7) is 0. The summed E-state index contributed by atoms with van der Waals surface area (Å²) in [5.41, 5.74) is -3.99. The van der Waals surface area contributed by atoms with Gasteiger partial charge in [0.25, 0.3) is 5.69 Å². The lowest BCUT2D eigenvalue weighted by Crippen LogP contribution is -2.12. The summed E-state index contributed by atoms with van der Waals surface area (Å²) >= 11 is 5.23. The minimum atomic E-state index is -5.00. The predicted molar refractivity (Wildman–Crippen MR) is 57.9 cm³/mol. The number of rotatable bonds is 3. The monoisotopic (exact) mass is 292 g/mol. The minimum absolute atomic E-state index is 0.276. The molecule has 0 spiro atoms. The molecule has 0 amide bonds. The quantitative estimate of drug-likeness (QED) is 0.371. The van der Waals surface area contributed by atoms with Crippen LogP contribution >= 0.6 is 11.6 Å². The summed E-state index contributed by atoms with van der Waals surface area (Å²) in [5.74, 6) is -1.47. The van der Waals surface area contributed by atoms with Gasteiger partial charge in [0, 0.05) is 11.6 Å². The molecule has 0 saturated heterocycles. The summed E-state index contributed by atoms with van der Waals surface area (Å²) in [6, 6.07) is 2.09. The molecule has 19 heavy (non-hydrogen) atoms. The lowest BCUT2D eigenvalue weighted by Gasteiger charge is -2.09. The first-order valence-corrected chi connectivity index (χ1v) is 5.14. The van der Waals surface area contributed by atoms with Crippen molar-refractivity contribution in [3.05, 3.63) is 38.9 Å². The summed E-state index contributed by atoms with van der Waals surface area (Å²) in [6.07, 6.45) is -5.00. The van der Waals surface area contributed by atoms with Gasteiger partial charge in [-0.15, -0.1) is 11.6 Å². The molecule has 0 aliphatic rings. The highest BCUT2D eigenvalue weighted by atomic mass is 35.5. The van der Waals surface area contributed by atoms with E-state index in [1.54, 1.807) is 0 Å². The van der Waals surface area contributed by atoms with Crippen LogP contribution in [0.1, 0.15) is 21.5 Å². The van der Waals surface area contributed by atoms with Crippen LogP contribution < -0.4 is 0 Å². The van der Waals surface area contributed by atoms with Crippen LogP contribution in [0.5, 0.6) is 0 Å². The van der Waals surface area contributed by atoms with Gasteiger partial charge >= 0.3 is 6.18 Å². The molecule has 1 aromatic carbocycles. The van der Waals surface area contributed by atoms with Crippen LogP contribution in [0.25, 0.3) is 0 Å². The fourth-order valence-electron chi connectivity index (χ4n) is 1.36. The zero-order valence-electron chi connectivity index (χ0n) is 8.99. The van der Waals surface area contributed by atoms with Gasteiger partial charge in [0.1, 0.15) is 5.56 Å². The average Bonchev–Trinajstić information content (AvgIpc) is 2.34. The Morgan fingerprint density at radius 2 is 2.05 bits per heavy atom. The van der Waals surface area contributed by atoms with E-state index in [2.05, 4.69) is 0 Å². The summed E-state index contributed by atoms with van der Waals surface area (Å²) < 4.78 is 37.8. The number of nitrogens with zero attached hydrogens (tertiary/aromatic N) is 2. The number of Topliss-reactive ketones (excluding diaryl/α,β-unsaturated/α-hetero) is 1. The van der Waals surface area contributed by atoms with E-state index in [-0.39, 0.29) is 6.07 Å². The highest BCUT2D eigenvalue weighted by molar-refractivity contribution is 6.30. The van der Waals surface area contributed by atoms with Gasteiger partial charge in [-0.1, -0.05) is 0 Å². The standard InChI is InChI=1S/C10H4ClF3N2O3/c11-3-9(17)6-2-8(16(18)19)7(10(12,13)14)1-5(6)4-15/h1-2H,3H2. The van der Waals surface area contributed by atoms with Crippen molar-refractivity contribution in [2.75, 3.05) is 5.88 Å². The Kier molecular flexibility index (Phi) is 4.11. The zero-order valence-corrected chi connectivity index (χ0v) is 9.75. The van der Waals surface area contributed by atoms with Crippen LogP contribution in [-0.4, -0.2) is 16.6 Å². The maximum Gasteiger partial charge on any atom is 0.423 e. The predicted octanol–water partition coefficient (Wildman–Crippen LogP) is 2.91. The first-order chi connectivity index (χ1) is 8.72. The fraction of sp³-hybridized carbons (Fsp3) is 0.200. The molecular weight excluding hydrogens is 289 g/mol. The molecule has 0 radical (unpaired) electrons. The van der Waals surface area contributed by atoms with Gasteiger partial charge in [-0.2, -0.15) is 18.4 Å². The molecule has 0 saturated carbocycles. The molecule has 1 aromatic rings. The minimum Gasteiger partial charge on any atom is -0.293 e. The number of nitro benzene ring substituents is 1. The highest BCUT2D eigenvalue weighted by Crippen LogP contribution is 2.37. The first-order valence-electron chi connectivity index (χ1n) is 4.61. The van der Waals surface area contributed by atoms with Crippen molar-refractivity contribution < 1.29 is 22.9 Å². The Bertz CT molecular complexity index is 593. The first kappa shape index (κ1) is 14.9. The van der Waals surface area contributed by atoms with Crippen molar-refractivity contribution in [1.82, 2.24) is 0 Å². The molecule has 0 aromatic heterocycles. The lowest BCUT2D eigenvalue weighted by atomic mass is 10.00. The normalized spacial score (nSPS) is 10.9.